The van der Waals surface area contributed by atoms with Crippen LogP contribution in [-0.2, 0) is 4.79 Å². The Hall–Kier alpha value is -3.26. The van der Waals surface area contributed by atoms with Gasteiger partial charge in [-0.05, 0) is 72.6 Å². The molecule has 1 atom stereocenters. The maximum atomic E-state index is 12.5. The van der Waals surface area contributed by atoms with Crippen molar-refractivity contribution in [3.63, 3.8) is 0 Å². The molecular weight excluding hydrogens is 515 g/mol. The van der Waals surface area contributed by atoms with Gasteiger partial charge in [0.2, 0.25) is 0 Å². The number of esters is 1. The normalized spacial score (nSPS) is 11.7. The number of nitrogens with one attached hydrogen (secondary N) is 1. The van der Waals surface area contributed by atoms with Crippen molar-refractivity contribution in [2.45, 2.75) is 19.4 Å². The molecule has 0 aliphatic heterocycles. The highest BCUT2D eigenvalue weighted by Crippen LogP contribution is 2.29. The molecule has 0 saturated heterocycles. The topological polar surface area (TPSA) is 86.2 Å². The smallest absolute Gasteiger partial charge is 0.343 e. The predicted octanol–water partition coefficient (Wildman–Crippen LogP) is 6.18. The molecule has 10 heteroatoms. The summed E-state index contributed by atoms with van der Waals surface area (Å²) in [6.45, 7) is 1.80. The van der Waals surface area contributed by atoms with Gasteiger partial charge >= 0.3 is 5.97 Å². The quantitative estimate of drug-likeness (QED) is 0.153. The number of hydrogen-bond acceptors (Lipinski definition) is 6. The van der Waals surface area contributed by atoms with E-state index in [0.29, 0.717) is 44.1 Å². The van der Waals surface area contributed by atoms with Crippen LogP contribution >= 0.6 is 34.8 Å². The van der Waals surface area contributed by atoms with Crippen LogP contribution in [0.2, 0.25) is 15.1 Å². The molecule has 0 heterocycles. The van der Waals surface area contributed by atoms with Crippen LogP contribution in [0.1, 0.15) is 29.3 Å². The Kier molecular flexibility index (Phi) is 9.37. The highest BCUT2D eigenvalue weighted by molar-refractivity contribution is 6.35. The van der Waals surface area contributed by atoms with E-state index in [1.807, 2.05) is 0 Å². The molecule has 0 bridgehead atoms. The average molecular weight is 536 g/mol. The lowest BCUT2D eigenvalue weighted by Crippen LogP contribution is -2.35. The molecule has 1 N–H and O–H groups in total. The maximum Gasteiger partial charge on any atom is 0.343 e. The van der Waals surface area contributed by atoms with E-state index in [1.54, 1.807) is 61.5 Å². The lowest BCUT2D eigenvalue weighted by molar-refractivity contribution is -0.128. The van der Waals surface area contributed by atoms with Gasteiger partial charge in [0.05, 0.1) is 23.9 Å². The molecule has 0 saturated carbocycles. The molecule has 0 fully saturated rings. The van der Waals surface area contributed by atoms with Crippen molar-refractivity contribution in [2.75, 3.05) is 7.11 Å². The van der Waals surface area contributed by atoms with Gasteiger partial charge in [-0.15, -0.1) is 0 Å². The van der Waals surface area contributed by atoms with Gasteiger partial charge in [0, 0.05) is 10.0 Å². The third-order valence-corrected chi connectivity index (χ3v) is 5.47. The Morgan fingerprint density at radius 1 is 0.943 bits per heavy atom. The Morgan fingerprint density at radius 3 is 2.29 bits per heavy atom. The lowest BCUT2D eigenvalue weighted by atomic mass is 10.2. The summed E-state index contributed by atoms with van der Waals surface area (Å²) in [6, 6.07) is 15.9. The van der Waals surface area contributed by atoms with Crippen molar-refractivity contribution in [2.24, 2.45) is 5.10 Å². The van der Waals surface area contributed by atoms with E-state index in [9.17, 15) is 9.59 Å². The van der Waals surface area contributed by atoms with Gasteiger partial charge in [0.15, 0.2) is 17.6 Å². The van der Waals surface area contributed by atoms with Crippen molar-refractivity contribution < 1.29 is 23.8 Å². The van der Waals surface area contributed by atoms with Gasteiger partial charge in [-0.25, -0.2) is 10.2 Å². The fraction of sp³-hybridized carbons (Fsp3) is 0.160. The number of rotatable bonds is 9. The molecule has 7 nitrogen and oxygen atoms in total. The van der Waals surface area contributed by atoms with Gasteiger partial charge in [-0.1, -0.05) is 41.7 Å². The molecule has 0 spiro atoms. The zero-order chi connectivity index (χ0) is 25.4. The molecule has 0 aliphatic rings. The molecule has 1 unspecified atom stereocenters. The van der Waals surface area contributed by atoms with Crippen LogP contribution in [0.3, 0.4) is 0 Å². The number of carbonyl (C=O) groups is 2. The van der Waals surface area contributed by atoms with Crippen LogP contribution in [0, 0.1) is 0 Å². The summed E-state index contributed by atoms with van der Waals surface area (Å²) in [5.74, 6) is -0.117. The highest BCUT2D eigenvalue weighted by Gasteiger charge is 2.19. The summed E-state index contributed by atoms with van der Waals surface area (Å²) in [7, 11) is 1.45. The van der Waals surface area contributed by atoms with E-state index in [2.05, 4.69) is 10.5 Å². The number of ether oxygens (including phenoxy) is 3. The molecule has 182 valence electrons. The number of methoxy groups -OCH3 is 1. The zero-order valence-corrected chi connectivity index (χ0v) is 21.0. The Morgan fingerprint density at radius 2 is 1.63 bits per heavy atom. The number of halogens is 3. The van der Waals surface area contributed by atoms with Gasteiger partial charge in [-0.2, -0.15) is 5.10 Å². The van der Waals surface area contributed by atoms with Gasteiger partial charge in [0.1, 0.15) is 5.75 Å². The van der Waals surface area contributed by atoms with Gasteiger partial charge in [-0.3, -0.25) is 4.79 Å². The van der Waals surface area contributed by atoms with Crippen LogP contribution in [0.25, 0.3) is 0 Å². The molecule has 35 heavy (non-hydrogen) atoms. The summed E-state index contributed by atoms with van der Waals surface area (Å²) in [4.78, 5) is 24.9. The second-order valence-electron chi connectivity index (χ2n) is 7.13. The van der Waals surface area contributed by atoms with Crippen LogP contribution in [0.4, 0.5) is 0 Å². The summed E-state index contributed by atoms with van der Waals surface area (Å²) in [5, 5.41) is 5.26. The summed E-state index contributed by atoms with van der Waals surface area (Å²) < 4.78 is 16.4. The fourth-order valence-corrected chi connectivity index (χ4v) is 3.46. The number of carbonyl (C=O) groups excluding carboxylic acids is 2. The fourth-order valence-electron chi connectivity index (χ4n) is 2.88. The van der Waals surface area contributed by atoms with Crippen LogP contribution in [0.15, 0.2) is 65.8 Å². The van der Waals surface area contributed by atoms with Crippen LogP contribution in [-0.4, -0.2) is 31.3 Å². The summed E-state index contributed by atoms with van der Waals surface area (Å²) in [5.41, 5.74) is 3.39. The lowest BCUT2D eigenvalue weighted by Gasteiger charge is -2.16. The average Bonchev–Trinajstić information content (AvgIpc) is 2.84. The number of hydrazone groups is 1. The van der Waals surface area contributed by atoms with Crippen molar-refractivity contribution in [1.29, 1.82) is 0 Å². The monoisotopic (exact) mass is 534 g/mol. The molecule has 3 aromatic rings. The first-order valence-electron chi connectivity index (χ1n) is 10.4. The van der Waals surface area contributed by atoms with Gasteiger partial charge in [0.25, 0.3) is 5.91 Å². The summed E-state index contributed by atoms with van der Waals surface area (Å²) >= 11 is 17.9. The predicted molar refractivity (Wildman–Crippen MR) is 136 cm³/mol. The van der Waals surface area contributed by atoms with E-state index in [4.69, 9.17) is 49.0 Å². The first kappa shape index (κ1) is 26.3. The first-order chi connectivity index (χ1) is 16.8. The number of amides is 1. The molecule has 0 radical (unpaired) electrons. The van der Waals surface area contributed by atoms with Crippen molar-refractivity contribution in [1.82, 2.24) is 5.43 Å². The molecule has 3 aromatic carbocycles. The second-order valence-corrected chi connectivity index (χ2v) is 8.41. The molecule has 0 aromatic heterocycles. The highest BCUT2D eigenvalue weighted by atomic mass is 35.5. The number of benzene rings is 3. The minimum atomic E-state index is -0.810. The standard InChI is InChI=1S/C25H21Cl3N2O5/c1-3-20(34-21-11-9-18(27)13-19(21)28)24(31)30-29-14-15-4-10-22(23(12-15)33-2)35-25(32)16-5-7-17(26)8-6-16/h4-14,20H,3H2,1-2H3,(H,30,31)/b29-14+. The largest absolute Gasteiger partial charge is 0.493 e. The molecule has 1 amide bonds. The minimum absolute atomic E-state index is 0.230. The number of nitrogens with zero attached hydrogens (tertiary/aromatic N) is 1. The zero-order valence-electron chi connectivity index (χ0n) is 18.8. The summed E-state index contributed by atoms with van der Waals surface area (Å²) in [6.07, 6.45) is 1.00. The molecule has 3 rings (SSSR count). The van der Waals surface area contributed by atoms with Gasteiger partial charge < -0.3 is 14.2 Å². The Labute approximate surface area is 217 Å². The molecule has 0 aliphatic carbocycles. The first-order valence-corrected chi connectivity index (χ1v) is 11.5. The third-order valence-electron chi connectivity index (χ3n) is 4.69. The number of hydrogen-bond donors (Lipinski definition) is 1. The van der Waals surface area contributed by atoms with Crippen molar-refractivity contribution in [3.8, 4) is 17.2 Å². The van der Waals surface area contributed by atoms with E-state index >= 15 is 0 Å². The van der Waals surface area contributed by atoms with E-state index in [-0.39, 0.29) is 5.75 Å². The van der Waals surface area contributed by atoms with Crippen LogP contribution in [0.5, 0.6) is 17.2 Å². The van der Waals surface area contributed by atoms with Crippen molar-refractivity contribution >= 4 is 52.9 Å². The van der Waals surface area contributed by atoms with E-state index < -0.39 is 18.0 Å². The van der Waals surface area contributed by atoms with E-state index in [1.165, 1.54) is 19.4 Å². The SMILES string of the molecule is CCC(Oc1ccc(Cl)cc1Cl)C(=O)N/N=C/c1ccc(OC(=O)c2ccc(Cl)cc2)c(OC)c1. The van der Waals surface area contributed by atoms with E-state index in [0.717, 1.165) is 0 Å². The molecular formula is C25H21Cl3N2O5. The Balaban J connectivity index is 1.63. The second kappa shape index (κ2) is 12.4. The van der Waals surface area contributed by atoms with Crippen LogP contribution < -0.4 is 19.6 Å². The maximum absolute atomic E-state index is 12.5. The minimum Gasteiger partial charge on any atom is -0.493 e. The van der Waals surface area contributed by atoms with Crippen molar-refractivity contribution in [3.05, 3.63) is 86.9 Å². The Bertz CT molecular complexity index is 1230. The third kappa shape index (κ3) is 7.36.